The van der Waals surface area contributed by atoms with Gasteiger partial charge < -0.3 is 4.42 Å². The molecule has 1 amide bonds. The highest BCUT2D eigenvalue weighted by molar-refractivity contribution is 8.26. The van der Waals surface area contributed by atoms with Crippen LogP contribution in [-0.2, 0) is 4.79 Å². The van der Waals surface area contributed by atoms with Crippen LogP contribution in [0, 0.1) is 6.92 Å². The first kappa shape index (κ1) is 23.3. The standard InChI is InChI=1S/C27H33NO2S2/c1-20-13-15-21(16-14-20)24-18-17-23(30-24)19-25-26(29)28(27(31)32-25)22-11-9-7-5-3-2-4-6-8-10-12-22/h13-19,22H,2-12H2,1H3/b25-19+. The number of nitrogens with zero attached hydrogens (tertiary/aromatic N) is 1. The van der Waals surface area contributed by atoms with Crippen LogP contribution in [0.5, 0.6) is 0 Å². The van der Waals surface area contributed by atoms with Crippen LogP contribution >= 0.6 is 24.0 Å². The van der Waals surface area contributed by atoms with E-state index in [1.807, 2.05) is 23.1 Å². The Morgan fingerprint density at radius 1 is 0.906 bits per heavy atom. The predicted octanol–water partition coefficient (Wildman–Crippen LogP) is 8.13. The second-order valence-corrected chi connectivity index (χ2v) is 10.7. The van der Waals surface area contributed by atoms with Crippen LogP contribution in [0.4, 0.5) is 0 Å². The molecule has 2 aromatic rings. The van der Waals surface area contributed by atoms with E-state index in [4.69, 9.17) is 16.6 Å². The molecule has 0 radical (unpaired) electrons. The largest absolute Gasteiger partial charge is 0.457 e. The van der Waals surface area contributed by atoms with Gasteiger partial charge in [-0.3, -0.25) is 9.69 Å². The van der Waals surface area contributed by atoms with Crippen LogP contribution < -0.4 is 0 Å². The monoisotopic (exact) mass is 467 g/mol. The zero-order chi connectivity index (χ0) is 22.3. The number of thioether (sulfide) groups is 1. The molecule has 0 spiro atoms. The Bertz CT molecular complexity index is 948. The van der Waals surface area contributed by atoms with Crippen molar-refractivity contribution in [2.24, 2.45) is 0 Å². The van der Waals surface area contributed by atoms with Crippen molar-refractivity contribution in [3.8, 4) is 11.3 Å². The molecule has 32 heavy (non-hydrogen) atoms. The molecule has 2 fully saturated rings. The number of rotatable bonds is 3. The molecule has 1 saturated carbocycles. The number of carbonyl (C=O) groups excluding carboxylic acids is 1. The van der Waals surface area contributed by atoms with E-state index in [0.717, 1.165) is 24.2 Å². The first-order valence-electron chi connectivity index (χ1n) is 12.1. The maximum absolute atomic E-state index is 13.3. The number of hydrogen-bond donors (Lipinski definition) is 0. The first-order valence-corrected chi connectivity index (χ1v) is 13.3. The SMILES string of the molecule is Cc1ccc(-c2ccc(/C=C3/SC(=S)N(C4CCCCCCCCCCC4)C3=O)o2)cc1. The van der Waals surface area contributed by atoms with Crippen molar-refractivity contribution >= 4 is 40.3 Å². The molecule has 170 valence electrons. The third-order valence-corrected chi connectivity index (χ3v) is 7.83. The summed E-state index contributed by atoms with van der Waals surface area (Å²) >= 11 is 7.08. The van der Waals surface area contributed by atoms with Crippen molar-refractivity contribution in [3.05, 3.63) is 52.6 Å². The molecule has 1 aromatic carbocycles. The smallest absolute Gasteiger partial charge is 0.266 e. The lowest BCUT2D eigenvalue weighted by Crippen LogP contribution is -2.38. The molecule has 1 aliphatic carbocycles. The third-order valence-electron chi connectivity index (χ3n) is 6.50. The lowest BCUT2D eigenvalue weighted by molar-refractivity contribution is -0.123. The van der Waals surface area contributed by atoms with Crippen molar-refractivity contribution in [2.45, 2.75) is 83.6 Å². The van der Waals surface area contributed by atoms with Crippen LogP contribution in [-0.4, -0.2) is 21.2 Å². The minimum absolute atomic E-state index is 0.0466. The summed E-state index contributed by atoms with van der Waals surface area (Å²) in [4.78, 5) is 15.9. The van der Waals surface area contributed by atoms with Gasteiger partial charge in [0.05, 0.1) is 4.91 Å². The average molecular weight is 468 g/mol. The summed E-state index contributed by atoms with van der Waals surface area (Å²) in [6.45, 7) is 2.07. The molecule has 0 unspecified atom stereocenters. The summed E-state index contributed by atoms with van der Waals surface area (Å²) in [6, 6.07) is 12.4. The quantitative estimate of drug-likeness (QED) is 0.337. The third kappa shape index (κ3) is 5.93. The molecule has 5 heteroatoms. The molecule has 4 rings (SSSR count). The molecule has 2 heterocycles. The molecule has 0 N–H and O–H groups in total. The van der Waals surface area contributed by atoms with Gasteiger partial charge in [0, 0.05) is 17.7 Å². The van der Waals surface area contributed by atoms with E-state index in [-0.39, 0.29) is 11.9 Å². The molecule has 0 bridgehead atoms. The normalized spacial score (nSPS) is 21.0. The van der Waals surface area contributed by atoms with Gasteiger partial charge in [0.1, 0.15) is 15.8 Å². The lowest BCUT2D eigenvalue weighted by atomic mass is 9.97. The minimum atomic E-state index is 0.0466. The maximum atomic E-state index is 13.3. The van der Waals surface area contributed by atoms with E-state index in [0.29, 0.717) is 15.0 Å². The average Bonchev–Trinajstić information content (AvgIpc) is 3.34. The molecule has 2 aliphatic rings. The van der Waals surface area contributed by atoms with Gasteiger partial charge in [-0.05, 0) is 31.9 Å². The zero-order valence-electron chi connectivity index (χ0n) is 19.0. The second-order valence-electron chi connectivity index (χ2n) is 9.03. The first-order chi connectivity index (χ1) is 15.6. The number of aryl methyl sites for hydroxylation is 1. The van der Waals surface area contributed by atoms with E-state index in [2.05, 4.69) is 31.2 Å². The summed E-state index contributed by atoms with van der Waals surface area (Å²) in [7, 11) is 0. The summed E-state index contributed by atoms with van der Waals surface area (Å²) in [6.07, 6.45) is 15.5. The van der Waals surface area contributed by atoms with Crippen molar-refractivity contribution < 1.29 is 9.21 Å². The van der Waals surface area contributed by atoms with Gasteiger partial charge in [-0.1, -0.05) is 112 Å². The zero-order valence-corrected chi connectivity index (χ0v) is 20.6. The fourth-order valence-corrected chi connectivity index (χ4v) is 6.01. The minimum Gasteiger partial charge on any atom is -0.457 e. The summed E-state index contributed by atoms with van der Waals surface area (Å²) in [5, 5.41) is 0. The topological polar surface area (TPSA) is 33.5 Å². The summed E-state index contributed by atoms with van der Waals surface area (Å²) in [5.41, 5.74) is 2.26. The molecule has 1 aromatic heterocycles. The number of carbonyl (C=O) groups is 1. The number of furan rings is 1. The molecular weight excluding hydrogens is 434 g/mol. The highest BCUT2D eigenvalue weighted by atomic mass is 32.2. The summed E-state index contributed by atoms with van der Waals surface area (Å²) in [5.74, 6) is 1.55. The van der Waals surface area contributed by atoms with E-state index >= 15 is 0 Å². The van der Waals surface area contributed by atoms with Crippen molar-refractivity contribution in [1.82, 2.24) is 4.90 Å². The lowest BCUT2D eigenvalue weighted by Gasteiger charge is -2.27. The highest BCUT2D eigenvalue weighted by Gasteiger charge is 2.36. The Hall–Kier alpha value is -1.85. The Labute approximate surface area is 201 Å². The number of benzene rings is 1. The number of amides is 1. The van der Waals surface area contributed by atoms with E-state index in [9.17, 15) is 4.79 Å². The van der Waals surface area contributed by atoms with E-state index in [1.54, 1.807) is 0 Å². The highest BCUT2D eigenvalue weighted by Crippen LogP contribution is 2.37. The van der Waals surface area contributed by atoms with Gasteiger partial charge in [0.15, 0.2) is 0 Å². The molecular formula is C27H33NO2S2. The van der Waals surface area contributed by atoms with Gasteiger partial charge in [0.2, 0.25) is 0 Å². The molecule has 1 aliphatic heterocycles. The van der Waals surface area contributed by atoms with Crippen LogP contribution in [0.25, 0.3) is 17.4 Å². The second kappa shape index (κ2) is 11.3. The number of hydrogen-bond acceptors (Lipinski definition) is 4. The van der Waals surface area contributed by atoms with Crippen molar-refractivity contribution in [1.29, 1.82) is 0 Å². The fourth-order valence-electron chi connectivity index (χ4n) is 4.63. The Kier molecular flexibility index (Phi) is 8.26. The van der Waals surface area contributed by atoms with Gasteiger partial charge in [-0.25, -0.2) is 0 Å². The fraction of sp³-hybridized carbons (Fsp3) is 0.481. The predicted molar refractivity (Wildman–Crippen MR) is 138 cm³/mol. The van der Waals surface area contributed by atoms with Gasteiger partial charge in [-0.15, -0.1) is 0 Å². The Morgan fingerprint density at radius 3 is 2.12 bits per heavy atom. The van der Waals surface area contributed by atoms with Gasteiger partial charge in [0.25, 0.3) is 5.91 Å². The van der Waals surface area contributed by atoms with E-state index in [1.165, 1.54) is 75.1 Å². The Balaban J connectivity index is 1.46. The molecule has 1 saturated heterocycles. The van der Waals surface area contributed by atoms with Crippen LogP contribution in [0.1, 0.15) is 82.0 Å². The van der Waals surface area contributed by atoms with Gasteiger partial charge in [-0.2, -0.15) is 0 Å². The van der Waals surface area contributed by atoms with Crippen LogP contribution in [0.15, 0.2) is 45.7 Å². The maximum Gasteiger partial charge on any atom is 0.266 e. The van der Waals surface area contributed by atoms with Crippen molar-refractivity contribution in [2.75, 3.05) is 0 Å². The van der Waals surface area contributed by atoms with E-state index < -0.39 is 0 Å². The number of thiocarbonyl (C=S) groups is 1. The van der Waals surface area contributed by atoms with Crippen LogP contribution in [0.3, 0.4) is 0 Å². The molecule has 0 atom stereocenters. The molecule has 3 nitrogen and oxygen atoms in total. The van der Waals surface area contributed by atoms with Crippen molar-refractivity contribution in [3.63, 3.8) is 0 Å². The van der Waals surface area contributed by atoms with Crippen LogP contribution in [0.2, 0.25) is 0 Å². The Morgan fingerprint density at radius 2 is 1.50 bits per heavy atom. The summed E-state index contributed by atoms with van der Waals surface area (Å²) < 4.78 is 6.72. The van der Waals surface area contributed by atoms with Gasteiger partial charge >= 0.3 is 0 Å².